The lowest BCUT2D eigenvalue weighted by molar-refractivity contribution is 0.169. The standard InChI is InChI=1S/C20H18FN3O2/c21-15-6-1-5-14-18(15)22-12-23-20(14)24-9-3-7-16(24)13-4-2-8-17-19(13)26-11-10-25-17/h1-2,4-6,8,12,16H,3,7,9-11H2. The van der Waals surface area contributed by atoms with Crippen molar-refractivity contribution in [2.45, 2.75) is 18.9 Å². The molecular weight excluding hydrogens is 333 g/mol. The van der Waals surface area contributed by atoms with Crippen LogP contribution >= 0.6 is 0 Å². The van der Waals surface area contributed by atoms with Gasteiger partial charge in [-0.1, -0.05) is 18.2 Å². The number of aromatic nitrogens is 2. The van der Waals surface area contributed by atoms with E-state index in [1.807, 2.05) is 18.2 Å². The molecule has 0 bridgehead atoms. The molecule has 0 amide bonds. The monoisotopic (exact) mass is 351 g/mol. The van der Waals surface area contributed by atoms with E-state index in [0.29, 0.717) is 18.7 Å². The van der Waals surface area contributed by atoms with Gasteiger partial charge in [-0.25, -0.2) is 14.4 Å². The van der Waals surface area contributed by atoms with Crippen LogP contribution in [-0.4, -0.2) is 29.7 Å². The van der Waals surface area contributed by atoms with Gasteiger partial charge in [0.05, 0.1) is 6.04 Å². The zero-order valence-electron chi connectivity index (χ0n) is 14.2. The van der Waals surface area contributed by atoms with E-state index in [9.17, 15) is 4.39 Å². The van der Waals surface area contributed by atoms with Gasteiger partial charge in [-0.05, 0) is 31.0 Å². The Labute approximate surface area is 150 Å². The molecule has 1 atom stereocenters. The fraction of sp³-hybridized carbons (Fsp3) is 0.300. The quantitative estimate of drug-likeness (QED) is 0.701. The third-order valence-corrected chi connectivity index (χ3v) is 5.08. The second-order valence-electron chi connectivity index (χ2n) is 6.56. The van der Waals surface area contributed by atoms with E-state index in [2.05, 4.69) is 20.9 Å². The zero-order chi connectivity index (χ0) is 17.5. The molecule has 3 aromatic rings. The molecule has 1 aromatic heterocycles. The molecule has 2 aliphatic rings. The Bertz CT molecular complexity index is 978. The van der Waals surface area contributed by atoms with Crippen molar-refractivity contribution in [2.75, 3.05) is 24.7 Å². The summed E-state index contributed by atoms with van der Waals surface area (Å²) in [6.07, 6.45) is 3.47. The van der Waals surface area contributed by atoms with E-state index in [-0.39, 0.29) is 11.9 Å². The van der Waals surface area contributed by atoms with Gasteiger partial charge in [-0.15, -0.1) is 0 Å². The first-order valence-corrected chi connectivity index (χ1v) is 8.87. The van der Waals surface area contributed by atoms with Crippen LogP contribution in [-0.2, 0) is 0 Å². The number of anilines is 1. The number of rotatable bonds is 2. The smallest absolute Gasteiger partial charge is 0.166 e. The van der Waals surface area contributed by atoms with Crippen molar-refractivity contribution in [1.29, 1.82) is 0 Å². The summed E-state index contributed by atoms with van der Waals surface area (Å²) in [6.45, 7) is 1.98. The molecule has 5 rings (SSSR count). The number of nitrogens with zero attached hydrogens (tertiary/aromatic N) is 3. The summed E-state index contributed by atoms with van der Waals surface area (Å²) in [5.41, 5.74) is 1.46. The molecule has 6 heteroatoms. The maximum Gasteiger partial charge on any atom is 0.166 e. The second kappa shape index (κ2) is 6.12. The lowest BCUT2D eigenvalue weighted by Gasteiger charge is -2.30. The van der Waals surface area contributed by atoms with Crippen LogP contribution in [0, 0.1) is 5.82 Å². The van der Waals surface area contributed by atoms with Crippen LogP contribution in [0.4, 0.5) is 10.2 Å². The number of benzene rings is 2. The Morgan fingerprint density at radius 3 is 2.88 bits per heavy atom. The van der Waals surface area contributed by atoms with Gasteiger partial charge in [0.2, 0.25) is 0 Å². The van der Waals surface area contributed by atoms with Crippen LogP contribution in [0.15, 0.2) is 42.7 Å². The third kappa shape index (κ3) is 2.36. The maximum absolute atomic E-state index is 14.2. The largest absolute Gasteiger partial charge is 0.486 e. The molecule has 0 radical (unpaired) electrons. The molecule has 2 aliphatic heterocycles. The SMILES string of the molecule is Fc1cccc2c(N3CCCC3c3cccc4c3OCCO4)ncnc12. The van der Waals surface area contributed by atoms with Gasteiger partial charge in [-0.2, -0.15) is 0 Å². The molecule has 1 unspecified atom stereocenters. The first kappa shape index (κ1) is 15.4. The number of hydrogen-bond acceptors (Lipinski definition) is 5. The fourth-order valence-electron chi connectivity index (χ4n) is 3.97. The Hall–Kier alpha value is -2.89. The molecule has 1 fully saturated rings. The van der Waals surface area contributed by atoms with E-state index in [1.165, 1.54) is 12.4 Å². The lowest BCUT2D eigenvalue weighted by atomic mass is 10.0. The van der Waals surface area contributed by atoms with Gasteiger partial charge in [0.1, 0.15) is 36.7 Å². The molecule has 3 heterocycles. The molecule has 26 heavy (non-hydrogen) atoms. The minimum atomic E-state index is -0.323. The average molecular weight is 351 g/mol. The summed E-state index contributed by atoms with van der Waals surface area (Å²) in [5, 5.41) is 0.737. The maximum atomic E-state index is 14.2. The van der Waals surface area contributed by atoms with Crippen molar-refractivity contribution in [3.05, 3.63) is 54.1 Å². The van der Waals surface area contributed by atoms with E-state index in [0.717, 1.165) is 47.7 Å². The van der Waals surface area contributed by atoms with Gasteiger partial charge in [0.15, 0.2) is 11.5 Å². The Morgan fingerprint density at radius 2 is 1.92 bits per heavy atom. The molecule has 0 aliphatic carbocycles. The van der Waals surface area contributed by atoms with Crippen molar-refractivity contribution in [3.8, 4) is 11.5 Å². The van der Waals surface area contributed by atoms with Crippen LogP contribution < -0.4 is 14.4 Å². The summed E-state index contributed by atoms with van der Waals surface area (Å²) in [4.78, 5) is 10.9. The van der Waals surface area contributed by atoms with Crippen LogP contribution in [0.1, 0.15) is 24.4 Å². The van der Waals surface area contributed by atoms with Gasteiger partial charge >= 0.3 is 0 Å². The van der Waals surface area contributed by atoms with Crippen LogP contribution in [0.5, 0.6) is 11.5 Å². The highest BCUT2D eigenvalue weighted by atomic mass is 19.1. The van der Waals surface area contributed by atoms with E-state index >= 15 is 0 Å². The number of fused-ring (bicyclic) bond motifs is 2. The summed E-state index contributed by atoms with van der Waals surface area (Å²) in [6, 6.07) is 11.2. The highest BCUT2D eigenvalue weighted by molar-refractivity contribution is 5.90. The van der Waals surface area contributed by atoms with Crippen molar-refractivity contribution >= 4 is 16.7 Å². The molecular formula is C20H18FN3O2. The minimum Gasteiger partial charge on any atom is -0.486 e. The summed E-state index contributed by atoms with van der Waals surface area (Å²) in [7, 11) is 0. The van der Waals surface area contributed by atoms with Gasteiger partial charge in [0, 0.05) is 17.5 Å². The Kier molecular flexibility index (Phi) is 3.62. The normalized spacial score (nSPS) is 19.1. The molecule has 0 spiro atoms. The van der Waals surface area contributed by atoms with E-state index < -0.39 is 0 Å². The molecule has 132 valence electrons. The topological polar surface area (TPSA) is 47.5 Å². The molecule has 5 nitrogen and oxygen atoms in total. The lowest BCUT2D eigenvalue weighted by Crippen LogP contribution is -2.25. The first-order chi connectivity index (χ1) is 12.8. The van der Waals surface area contributed by atoms with Crippen molar-refractivity contribution in [1.82, 2.24) is 9.97 Å². The van der Waals surface area contributed by atoms with E-state index in [1.54, 1.807) is 6.07 Å². The molecule has 1 saturated heterocycles. The van der Waals surface area contributed by atoms with Crippen molar-refractivity contribution in [3.63, 3.8) is 0 Å². The van der Waals surface area contributed by atoms with Crippen LogP contribution in [0.3, 0.4) is 0 Å². The third-order valence-electron chi connectivity index (χ3n) is 5.08. The van der Waals surface area contributed by atoms with Gasteiger partial charge < -0.3 is 14.4 Å². The van der Waals surface area contributed by atoms with Gasteiger partial charge in [-0.3, -0.25) is 0 Å². The highest BCUT2D eigenvalue weighted by Crippen LogP contribution is 2.44. The van der Waals surface area contributed by atoms with Crippen molar-refractivity contribution in [2.24, 2.45) is 0 Å². The summed E-state index contributed by atoms with van der Waals surface area (Å²) < 4.78 is 25.8. The first-order valence-electron chi connectivity index (χ1n) is 8.87. The predicted octanol–water partition coefficient (Wildman–Crippen LogP) is 3.88. The fourth-order valence-corrected chi connectivity index (χ4v) is 3.97. The molecule has 0 saturated carbocycles. The summed E-state index contributed by atoms with van der Waals surface area (Å²) in [5.74, 6) is 2.06. The minimum absolute atomic E-state index is 0.119. The predicted molar refractivity (Wildman–Crippen MR) is 96.2 cm³/mol. The average Bonchev–Trinajstić information content (AvgIpc) is 3.17. The number of ether oxygens (including phenoxy) is 2. The number of hydrogen-bond donors (Lipinski definition) is 0. The van der Waals surface area contributed by atoms with E-state index in [4.69, 9.17) is 9.47 Å². The highest BCUT2D eigenvalue weighted by Gasteiger charge is 2.32. The molecule has 2 aromatic carbocycles. The Morgan fingerprint density at radius 1 is 1.04 bits per heavy atom. The van der Waals surface area contributed by atoms with Crippen molar-refractivity contribution < 1.29 is 13.9 Å². The summed E-state index contributed by atoms with van der Waals surface area (Å²) >= 11 is 0. The number of para-hydroxylation sites is 2. The zero-order valence-corrected chi connectivity index (χ0v) is 14.2. The van der Waals surface area contributed by atoms with Crippen LogP contribution in [0.2, 0.25) is 0 Å². The second-order valence-corrected chi connectivity index (χ2v) is 6.56. The number of halogens is 1. The Balaban J connectivity index is 1.62. The molecule has 0 N–H and O–H groups in total. The van der Waals surface area contributed by atoms with Gasteiger partial charge in [0.25, 0.3) is 0 Å². The van der Waals surface area contributed by atoms with Crippen LogP contribution in [0.25, 0.3) is 10.9 Å².